The molecular formula is C20H25N3O2S2. The van der Waals surface area contributed by atoms with Gasteiger partial charge in [0.25, 0.3) is 5.56 Å². The van der Waals surface area contributed by atoms with Gasteiger partial charge < -0.3 is 5.32 Å². The van der Waals surface area contributed by atoms with Crippen LogP contribution >= 0.6 is 23.1 Å². The highest BCUT2D eigenvalue weighted by Crippen LogP contribution is 2.34. The largest absolute Gasteiger partial charge is 0.344 e. The number of carbonyl (C=O) groups excluding carboxylic acids is 1. The molecule has 2 heterocycles. The lowest BCUT2D eigenvalue weighted by molar-refractivity contribution is -0.118. The molecule has 1 aliphatic rings. The van der Waals surface area contributed by atoms with Crippen LogP contribution in [0.3, 0.4) is 0 Å². The van der Waals surface area contributed by atoms with E-state index in [9.17, 15) is 9.59 Å². The summed E-state index contributed by atoms with van der Waals surface area (Å²) in [5, 5.41) is 4.08. The predicted molar refractivity (Wildman–Crippen MR) is 113 cm³/mol. The first-order chi connectivity index (χ1) is 13.1. The molecule has 1 atom stereocenters. The van der Waals surface area contributed by atoms with Crippen molar-refractivity contribution in [1.82, 2.24) is 14.9 Å². The van der Waals surface area contributed by atoms with E-state index in [-0.39, 0.29) is 29.8 Å². The van der Waals surface area contributed by atoms with Gasteiger partial charge in [0.2, 0.25) is 5.91 Å². The number of terminal acetylenes is 1. The summed E-state index contributed by atoms with van der Waals surface area (Å²) in [6, 6.07) is 0.0343. The Balaban J connectivity index is 2.03. The van der Waals surface area contributed by atoms with E-state index in [0.717, 1.165) is 35.9 Å². The van der Waals surface area contributed by atoms with Crippen LogP contribution in [0.5, 0.6) is 0 Å². The normalized spacial score (nSPS) is 15.0. The van der Waals surface area contributed by atoms with Crippen LogP contribution in [0.1, 0.15) is 56.0 Å². The first kappa shape index (κ1) is 20.0. The van der Waals surface area contributed by atoms with Gasteiger partial charge in [0, 0.05) is 10.9 Å². The lowest BCUT2D eigenvalue weighted by Gasteiger charge is -2.17. The van der Waals surface area contributed by atoms with E-state index in [0.29, 0.717) is 5.16 Å². The maximum Gasteiger partial charge on any atom is 0.263 e. The minimum absolute atomic E-state index is 0.0343. The summed E-state index contributed by atoms with van der Waals surface area (Å²) >= 11 is 2.96. The number of aryl methyl sites for hydroxylation is 2. The number of aromatic nitrogens is 2. The van der Waals surface area contributed by atoms with E-state index in [2.05, 4.69) is 18.2 Å². The zero-order valence-electron chi connectivity index (χ0n) is 15.8. The topological polar surface area (TPSA) is 64.0 Å². The molecule has 0 radical (unpaired) electrons. The van der Waals surface area contributed by atoms with Crippen molar-refractivity contribution in [1.29, 1.82) is 0 Å². The molecule has 0 saturated heterocycles. The Morgan fingerprint density at radius 1 is 1.41 bits per heavy atom. The predicted octanol–water partition coefficient (Wildman–Crippen LogP) is 3.54. The van der Waals surface area contributed by atoms with Crippen molar-refractivity contribution in [2.24, 2.45) is 0 Å². The summed E-state index contributed by atoms with van der Waals surface area (Å²) in [6.07, 6.45) is 11.5. The van der Waals surface area contributed by atoms with Crippen molar-refractivity contribution in [3.05, 3.63) is 20.8 Å². The Bertz CT molecular complexity index is 939. The zero-order chi connectivity index (χ0) is 19.4. The summed E-state index contributed by atoms with van der Waals surface area (Å²) in [5.74, 6) is 2.44. The molecule has 2 aromatic heterocycles. The molecule has 0 aromatic carbocycles. The third-order valence-electron chi connectivity index (χ3n) is 4.99. The van der Waals surface area contributed by atoms with Gasteiger partial charge in [0.15, 0.2) is 5.16 Å². The van der Waals surface area contributed by atoms with Gasteiger partial charge in [-0.05, 0) is 44.6 Å². The molecule has 0 bridgehead atoms. The Morgan fingerprint density at radius 2 is 2.19 bits per heavy atom. The van der Waals surface area contributed by atoms with Crippen molar-refractivity contribution in [2.75, 3.05) is 12.3 Å². The third-order valence-corrected chi connectivity index (χ3v) is 7.13. The Hall–Kier alpha value is -1.78. The van der Waals surface area contributed by atoms with E-state index in [1.54, 1.807) is 15.9 Å². The number of amides is 1. The van der Waals surface area contributed by atoms with Crippen molar-refractivity contribution in [3.8, 4) is 12.3 Å². The number of thioether (sulfide) groups is 1. The lowest BCUT2D eigenvalue weighted by atomic mass is 10.1. The fraction of sp³-hybridized carbons (Fsp3) is 0.550. The van der Waals surface area contributed by atoms with Gasteiger partial charge in [-0.2, -0.15) is 0 Å². The minimum Gasteiger partial charge on any atom is -0.344 e. The minimum atomic E-state index is -0.148. The average molecular weight is 404 g/mol. The molecular weight excluding hydrogens is 378 g/mol. The lowest BCUT2D eigenvalue weighted by Crippen LogP contribution is -2.28. The molecule has 2 aromatic rings. The molecule has 1 amide bonds. The molecule has 1 N–H and O–H groups in total. The number of fused-ring (bicyclic) bond motifs is 3. The number of hydrogen-bond donors (Lipinski definition) is 1. The van der Waals surface area contributed by atoms with Crippen LogP contribution in [0.2, 0.25) is 0 Å². The Morgan fingerprint density at radius 3 is 2.93 bits per heavy atom. The van der Waals surface area contributed by atoms with Crippen molar-refractivity contribution in [2.45, 2.75) is 63.6 Å². The summed E-state index contributed by atoms with van der Waals surface area (Å²) in [5.41, 5.74) is 1.26. The second-order valence-corrected chi connectivity index (χ2v) is 8.87. The summed E-state index contributed by atoms with van der Waals surface area (Å²) in [6.45, 7) is 4.30. The van der Waals surface area contributed by atoms with Gasteiger partial charge in [-0.25, -0.2) is 4.98 Å². The van der Waals surface area contributed by atoms with E-state index < -0.39 is 0 Å². The standard InChI is InChI=1S/C20H25N3O2S2/c1-4-11-21-16(24)12-26-20-22-18-17(19(25)23(20)13(3)5-2)14-9-7-6-8-10-15(14)27-18/h1,13H,5-12H2,2-3H3,(H,21,24)/t13-/m0/s1. The molecule has 0 spiro atoms. The van der Waals surface area contributed by atoms with Crippen molar-refractivity contribution < 1.29 is 4.79 Å². The molecule has 1 aliphatic carbocycles. The maximum absolute atomic E-state index is 13.4. The van der Waals surface area contributed by atoms with Gasteiger partial charge >= 0.3 is 0 Å². The highest BCUT2D eigenvalue weighted by atomic mass is 32.2. The highest BCUT2D eigenvalue weighted by Gasteiger charge is 2.23. The molecule has 0 aliphatic heterocycles. The number of rotatable bonds is 6. The van der Waals surface area contributed by atoms with E-state index in [1.165, 1.54) is 35.0 Å². The van der Waals surface area contributed by atoms with Crippen LogP contribution in [0.15, 0.2) is 9.95 Å². The first-order valence-electron chi connectivity index (χ1n) is 9.46. The molecule has 0 fully saturated rings. The van der Waals surface area contributed by atoms with Gasteiger partial charge in [0.1, 0.15) is 4.83 Å². The van der Waals surface area contributed by atoms with Gasteiger partial charge in [-0.1, -0.05) is 31.0 Å². The number of hydrogen-bond acceptors (Lipinski definition) is 5. The van der Waals surface area contributed by atoms with Gasteiger partial charge in [-0.15, -0.1) is 17.8 Å². The number of nitrogens with zero attached hydrogens (tertiary/aromatic N) is 2. The zero-order valence-corrected chi connectivity index (χ0v) is 17.5. The van der Waals surface area contributed by atoms with E-state index in [1.807, 2.05) is 6.92 Å². The maximum atomic E-state index is 13.4. The highest BCUT2D eigenvalue weighted by molar-refractivity contribution is 7.99. The second-order valence-electron chi connectivity index (χ2n) is 6.84. The van der Waals surface area contributed by atoms with Crippen LogP contribution in [0, 0.1) is 12.3 Å². The Labute approximate surface area is 168 Å². The van der Waals surface area contributed by atoms with Gasteiger partial charge in [0.05, 0.1) is 17.7 Å². The van der Waals surface area contributed by atoms with Gasteiger partial charge in [-0.3, -0.25) is 14.2 Å². The van der Waals surface area contributed by atoms with Crippen LogP contribution in [-0.4, -0.2) is 27.8 Å². The molecule has 7 heteroatoms. The van der Waals surface area contributed by atoms with Crippen LogP contribution in [0.25, 0.3) is 10.2 Å². The smallest absolute Gasteiger partial charge is 0.263 e. The number of carbonyl (C=O) groups is 1. The Kier molecular flexibility index (Phi) is 6.61. The molecule has 0 saturated carbocycles. The van der Waals surface area contributed by atoms with E-state index >= 15 is 0 Å². The second kappa shape index (κ2) is 8.94. The molecule has 27 heavy (non-hydrogen) atoms. The van der Waals surface area contributed by atoms with E-state index in [4.69, 9.17) is 11.4 Å². The molecule has 0 unspecified atom stereocenters. The first-order valence-corrected chi connectivity index (χ1v) is 11.3. The fourth-order valence-corrected chi connectivity index (χ4v) is 5.61. The molecule has 5 nitrogen and oxygen atoms in total. The number of thiophene rings is 1. The molecule has 144 valence electrons. The van der Waals surface area contributed by atoms with Crippen molar-refractivity contribution >= 4 is 39.2 Å². The quantitative estimate of drug-likeness (QED) is 0.347. The summed E-state index contributed by atoms with van der Waals surface area (Å²) in [4.78, 5) is 32.3. The van der Waals surface area contributed by atoms with Crippen LogP contribution in [-0.2, 0) is 17.6 Å². The SMILES string of the molecule is C#CCNC(=O)CSc1nc2sc3c(c2c(=O)n1[C@@H](C)CC)CCCCC3. The van der Waals surface area contributed by atoms with Crippen LogP contribution in [0.4, 0.5) is 0 Å². The summed E-state index contributed by atoms with van der Waals surface area (Å²) in [7, 11) is 0. The van der Waals surface area contributed by atoms with Crippen LogP contribution < -0.4 is 10.9 Å². The monoisotopic (exact) mass is 403 g/mol. The average Bonchev–Trinajstić information content (AvgIpc) is 2.85. The number of nitrogens with one attached hydrogen (secondary N) is 1. The fourth-order valence-electron chi connectivity index (χ4n) is 3.38. The van der Waals surface area contributed by atoms with Crippen molar-refractivity contribution in [3.63, 3.8) is 0 Å². The third kappa shape index (κ3) is 4.22. The molecule has 3 rings (SSSR count). The summed E-state index contributed by atoms with van der Waals surface area (Å²) < 4.78 is 1.78.